The van der Waals surface area contributed by atoms with Crippen LogP contribution in [-0.2, 0) is 20.9 Å². The number of benzene rings is 1. The second-order valence-corrected chi connectivity index (χ2v) is 4.71. The number of rotatable bonds is 3. The number of amides is 1. The third-order valence-electron chi connectivity index (χ3n) is 3.28. The van der Waals surface area contributed by atoms with Crippen molar-refractivity contribution in [3.05, 3.63) is 59.9 Å². The van der Waals surface area contributed by atoms with Crippen molar-refractivity contribution in [3.63, 3.8) is 0 Å². The fraction of sp³-hybridized carbons (Fsp3) is 0.200. The minimum Gasteiger partial charge on any atom is -0.490 e. The van der Waals surface area contributed by atoms with Crippen molar-refractivity contribution in [1.82, 2.24) is 5.32 Å². The van der Waals surface area contributed by atoms with Gasteiger partial charge in [-0.1, -0.05) is 30.3 Å². The highest BCUT2D eigenvalue weighted by Crippen LogP contribution is 2.33. The molecule has 1 unspecified atom stereocenters. The number of allylic oxidation sites excluding steroid dienone is 2. The molecule has 1 aromatic rings. The van der Waals surface area contributed by atoms with Gasteiger partial charge in [-0.25, -0.2) is 0 Å². The van der Waals surface area contributed by atoms with Crippen LogP contribution in [0.4, 0.5) is 0 Å². The maximum Gasteiger partial charge on any atom is 0.224 e. The molecule has 1 fully saturated rings. The van der Waals surface area contributed by atoms with E-state index < -0.39 is 5.54 Å². The normalized spacial score (nSPS) is 24.7. The first kappa shape index (κ1) is 11.7. The zero-order chi connectivity index (χ0) is 13.3. The molecule has 3 rings (SSSR count). The van der Waals surface area contributed by atoms with Gasteiger partial charge in [0.25, 0.3) is 0 Å². The van der Waals surface area contributed by atoms with Crippen molar-refractivity contribution in [2.24, 2.45) is 0 Å². The molecule has 1 aromatic carbocycles. The second-order valence-electron chi connectivity index (χ2n) is 4.71. The number of hydrogen-bond donors (Lipinski definition) is 1. The lowest BCUT2D eigenvalue weighted by molar-refractivity contribution is -0.131. The summed E-state index contributed by atoms with van der Waals surface area (Å²) in [5.41, 5.74) is 0.408. The highest BCUT2D eigenvalue weighted by molar-refractivity contribution is 6.03. The van der Waals surface area contributed by atoms with Crippen LogP contribution in [0.15, 0.2) is 54.3 Å². The van der Waals surface area contributed by atoms with Crippen molar-refractivity contribution >= 4 is 11.7 Å². The van der Waals surface area contributed by atoms with Crippen LogP contribution in [0.5, 0.6) is 0 Å². The molecule has 96 valence electrons. The molecule has 4 nitrogen and oxygen atoms in total. The SMILES string of the molecule is O=C1C=CC2(CC(=O)N2)C(OCc2ccccc2)=C1. The van der Waals surface area contributed by atoms with Gasteiger partial charge >= 0.3 is 0 Å². The van der Waals surface area contributed by atoms with E-state index in [2.05, 4.69) is 5.32 Å². The van der Waals surface area contributed by atoms with Crippen LogP contribution >= 0.6 is 0 Å². The van der Waals surface area contributed by atoms with E-state index >= 15 is 0 Å². The fourth-order valence-corrected chi connectivity index (χ4v) is 2.25. The van der Waals surface area contributed by atoms with Crippen LogP contribution in [0, 0.1) is 0 Å². The highest BCUT2D eigenvalue weighted by atomic mass is 16.5. The van der Waals surface area contributed by atoms with Gasteiger partial charge in [-0.3, -0.25) is 9.59 Å². The van der Waals surface area contributed by atoms with Crippen LogP contribution in [0.1, 0.15) is 12.0 Å². The summed E-state index contributed by atoms with van der Waals surface area (Å²) in [6.45, 7) is 0.380. The van der Waals surface area contributed by atoms with E-state index in [9.17, 15) is 9.59 Å². The Balaban J connectivity index is 1.75. The van der Waals surface area contributed by atoms with Crippen LogP contribution in [0.25, 0.3) is 0 Å². The fourth-order valence-electron chi connectivity index (χ4n) is 2.25. The first-order valence-corrected chi connectivity index (χ1v) is 6.11. The van der Waals surface area contributed by atoms with Gasteiger partial charge in [0, 0.05) is 6.08 Å². The average molecular weight is 255 g/mol. The van der Waals surface area contributed by atoms with E-state index in [1.807, 2.05) is 30.3 Å². The lowest BCUT2D eigenvalue weighted by Gasteiger charge is -2.42. The zero-order valence-corrected chi connectivity index (χ0v) is 10.3. The van der Waals surface area contributed by atoms with E-state index in [4.69, 9.17) is 4.74 Å². The van der Waals surface area contributed by atoms with Gasteiger partial charge in [0.15, 0.2) is 5.78 Å². The molecule has 4 heteroatoms. The summed E-state index contributed by atoms with van der Waals surface area (Å²) >= 11 is 0. The predicted molar refractivity (Wildman–Crippen MR) is 69.0 cm³/mol. The van der Waals surface area contributed by atoms with E-state index in [0.717, 1.165) is 5.56 Å². The standard InChI is InChI=1S/C15H13NO3/c17-12-6-7-15(9-14(18)16-15)13(8-12)19-10-11-4-2-1-3-5-11/h1-8H,9-10H2,(H,16,18). The van der Waals surface area contributed by atoms with Gasteiger partial charge in [0.2, 0.25) is 5.91 Å². The Morgan fingerprint density at radius 1 is 1.21 bits per heavy atom. The Kier molecular flexibility index (Phi) is 2.71. The molecule has 1 heterocycles. The first-order valence-electron chi connectivity index (χ1n) is 6.11. The molecule has 19 heavy (non-hydrogen) atoms. The summed E-state index contributed by atoms with van der Waals surface area (Å²) in [5, 5.41) is 2.79. The van der Waals surface area contributed by atoms with Crippen LogP contribution in [-0.4, -0.2) is 17.2 Å². The van der Waals surface area contributed by atoms with Crippen LogP contribution < -0.4 is 5.32 Å². The summed E-state index contributed by atoms with van der Waals surface area (Å²) in [4.78, 5) is 22.6. The molecule has 1 aliphatic heterocycles. The lowest BCUT2D eigenvalue weighted by Crippen LogP contribution is -2.62. The lowest BCUT2D eigenvalue weighted by atomic mass is 9.81. The summed E-state index contributed by atoms with van der Waals surface area (Å²) in [6.07, 6.45) is 4.95. The van der Waals surface area contributed by atoms with E-state index in [1.54, 1.807) is 6.08 Å². The highest BCUT2D eigenvalue weighted by Gasteiger charge is 2.47. The number of β-lactam (4-membered cyclic amide) rings is 1. The third kappa shape index (κ3) is 2.17. The minimum atomic E-state index is -0.611. The summed E-state index contributed by atoms with van der Waals surface area (Å²) in [7, 11) is 0. The van der Waals surface area contributed by atoms with Crippen molar-refractivity contribution in [1.29, 1.82) is 0 Å². The molecule has 0 radical (unpaired) electrons. The monoisotopic (exact) mass is 255 g/mol. The van der Waals surface area contributed by atoms with Crippen molar-refractivity contribution in [2.45, 2.75) is 18.6 Å². The molecular weight excluding hydrogens is 242 g/mol. The molecular formula is C15H13NO3. The van der Waals surface area contributed by atoms with E-state index in [-0.39, 0.29) is 11.7 Å². The topological polar surface area (TPSA) is 55.4 Å². The molecule has 2 aliphatic rings. The van der Waals surface area contributed by atoms with Gasteiger partial charge in [0.1, 0.15) is 17.9 Å². The van der Waals surface area contributed by atoms with Crippen molar-refractivity contribution in [2.75, 3.05) is 0 Å². The summed E-state index contributed by atoms with van der Waals surface area (Å²) < 4.78 is 5.72. The molecule has 0 bridgehead atoms. The summed E-state index contributed by atoms with van der Waals surface area (Å²) in [5.74, 6) is 0.367. The molecule has 1 amide bonds. The maximum absolute atomic E-state index is 11.4. The maximum atomic E-state index is 11.4. The number of nitrogens with one attached hydrogen (secondary N) is 1. The molecule has 1 N–H and O–H groups in total. The Morgan fingerprint density at radius 2 is 1.95 bits per heavy atom. The Bertz CT molecular complexity index is 579. The quantitative estimate of drug-likeness (QED) is 0.832. The number of carbonyl (C=O) groups excluding carboxylic acids is 2. The van der Waals surface area contributed by atoms with Gasteiger partial charge in [-0.15, -0.1) is 0 Å². The minimum absolute atomic E-state index is 0.0341. The molecule has 0 saturated carbocycles. The zero-order valence-electron chi connectivity index (χ0n) is 10.3. The van der Waals surface area contributed by atoms with Crippen molar-refractivity contribution in [3.8, 4) is 0 Å². The molecule has 1 atom stereocenters. The Morgan fingerprint density at radius 3 is 2.63 bits per heavy atom. The summed E-state index contributed by atoms with van der Waals surface area (Å²) in [6, 6.07) is 9.70. The predicted octanol–water partition coefficient (Wildman–Crippen LogP) is 1.48. The number of ether oxygens (including phenoxy) is 1. The number of carbonyl (C=O) groups is 2. The van der Waals surface area contributed by atoms with Gasteiger partial charge in [-0.05, 0) is 17.7 Å². The van der Waals surface area contributed by atoms with Gasteiger partial charge in [0.05, 0.1) is 6.42 Å². The van der Waals surface area contributed by atoms with E-state index in [0.29, 0.717) is 18.8 Å². The van der Waals surface area contributed by atoms with Crippen LogP contribution in [0.2, 0.25) is 0 Å². The second kappa shape index (κ2) is 4.39. The number of ketones is 1. The third-order valence-corrected chi connectivity index (χ3v) is 3.28. The molecule has 1 saturated heterocycles. The Hall–Kier alpha value is -2.36. The average Bonchev–Trinajstić information content (AvgIpc) is 2.39. The van der Waals surface area contributed by atoms with Gasteiger partial charge < -0.3 is 10.1 Å². The molecule has 1 aliphatic carbocycles. The largest absolute Gasteiger partial charge is 0.490 e. The first-order chi connectivity index (χ1) is 9.18. The van der Waals surface area contributed by atoms with Crippen LogP contribution in [0.3, 0.4) is 0 Å². The van der Waals surface area contributed by atoms with E-state index in [1.165, 1.54) is 12.2 Å². The molecule has 0 aromatic heterocycles. The smallest absolute Gasteiger partial charge is 0.224 e. The van der Waals surface area contributed by atoms with Crippen molar-refractivity contribution < 1.29 is 14.3 Å². The number of hydrogen-bond acceptors (Lipinski definition) is 3. The molecule has 1 spiro atoms. The van der Waals surface area contributed by atoms with Gasteiger partial charge in [-0.2, -0.15) is 0 Å². The Labute approximate surface area is 110 Å².